The molecule has 1 rings (SSSR count). The van der Waals surface area contributed by atoms with E-state index in [0.29, 0.717) is 6.42 Å². The van der Waals surface area contributed by atoms with Crippen LogP contribution in [0.5, 0.6) is 0 Å². The van der Waals surface area contributed by atoms with Gasteiger partial charge in [0.2, 0.25) is 5.91 Å². The Hall–Kier alpha value is -0.980. The number of benzene rings is 1. The number of hydrogen-bond acceptors (Lipinski definition) is 3. The van der Waals surface area contributed by atoms with Crippen LogP contribution in [0.2, 0.25) is 0 Å². The number of carbonyl (C=O) groups excluding carboxylic acids is 1. The zero-order valence-corrected chi connectivity index (χ0v) is 11.2. The van der Waals surface area contributed by atoms with Gasteiger partial charge in [-0.1, -0.05) is 0 Å². The Labute approximate surface area is 109 Å². The number of rotatable bonds is 6. The Morgan fingerprint density at radius 3 is 2.75 bits per heavy atom. The highest BCUT2D eigenvalue weighted by Crippen LogP contribution is 2.20. The largest absolute Gasteiger partial charge is 0.399 e. The fourth-order valence-electron chi connectivity index (χ4n) is 1.32. The third-order valence-corrected chi connectivity index (χ3v) is 3.05. The molecular formula is C11H16IN3O. The van der Waals surface area contributed by atoms with Crippen LogP contribution in [-0.4, -0.2) is 12.5 Å². The summed E-state index contributed by atoms with van der Waals surface area (Å²) < 4.78 is 1.10. The van der Waals surface area contributed by atoms with Crippen LogP contribution < -0.4 is 16.8 Å². The molecule has 88 valence electrons. The van der Waals surface area contributed by atoms with Gasteiger partial charge in [0.25, 0.3) is 0 Å². The quantitative estimate of drug-likeness (QED) is 0.423. The summed E-state index contributed by atoms with van der Waals surface area (Å²) in [5, 5.41) is 3.30. The van der Waals surface area contributed by atoms with Crippen LogP contribution in [0.4, 0.5) is 11.4 Å². The van der Waals surface area contributed by atoms with Gasteiger partial charge < -0.3 is 16.8 Å². The van der Waals surface area contributed by atoms with Crippen molar-refractivity contribution in [2.24, 2.45) is 5.73 Å². The molecule has 5 N–H and O–H groups in total. The number of nitrogens with two attached hydrogens (primary N) is 2. The predicted molar refractivity (Wildman–Crippen MR) is 75.1 cm³/mol. The summed E-state index contributed by atoms with van der Waals surface area (Å²) in [6, 6.07) is 5.76. The van der Waals surface area contributed by atoms with Crippen molar-refractivity contribution in [3.8, 4) is 0 Å². The highest BCUT2D eigenvalue weighted by molar-refractivity contribution is 14.1. The number of carbonyl (C=O) groups is 1. The van der Waals surface area contributed by atoms with E-state index in [0.717, 1.165) is 34.3 Å². The maximum atomic E-state index is 10.5. The van der Waals surface area contributed by atoms with Gasteiger partial charge in [-0.15, -0.1) is 0 Å². The molecule has 0 saturated carbocycles. The molecule has 1 aromatic rings. The minimum absolute atomic E-state index is 0.234. The standard InChI is InChI=1S/C11H16IN3O/c12-9-7-8(13)4-5-10(9)15-6-2-1-3-11(14)16/h4-5,7,15H,1-3,6,13H2,(H2,14,16). The molecule has 0 radical (unpaired) electrons. The molecular weight excluding hydrogens is 317 g/mol. The Balaban J connectivity index is 2.29. The van der Waals surface area contributed by atoms with Crippen molar-refractivity contribution in [1.82, 2.24) is 0 Å². The number of nitrogen functional groups attached to an aromatic ring is 1. The highest BCUT2D eigenvalue weighted by Gasteiger charge is 1.99. The van der Waals surface area contributed by atoms with Crippen molar-refractivity contribution in [2.75, 3.05) is 17.6 Å². The monoisotopic (exact) mass is 333 g/mol. The van der Waals surface area contributed by atoms with E-state index in [1.165, 1.54) is 0 Å². The van der Waals surface area contributed by atoms with Crippen LogP contribution in [0.1, 0.15) is 19.3 Å². The van der Waals surface area contributed by atoms with E-state index in [1.807, 2.05) is 18.2 Å². The first kappa shape index (κ1) is 13.1. The lowest BCUT2D eigenvalue weighted by molar-refractivity contribution is -0.118. The van der Waals surface area contributed by atoms with E-state index in [4.69, 9.17) is 11.5 Å². The van der Waals surface area contributed by atoms with Crippen molar-refractivity contribution in [3.05, 3.63) is 21.8 Å². The molecule has 0 unspecified atom stereocenters. The predicted octanol–water partition coefficient (Wildman–Crippen LogP) is 1.94. The molecule has 5 heteroatoms. The number of unbranched alkanes of at least 4 members (excludes halogenated alkanes) is 1. The van der Waals surface area contributed by atoms with E-state index >= 15 is 0 Å². The van der Waals surface area contributed by atoms with Gasteiger partial charge in [0.1, 0.15) is 0 Å². The van der Waals surface area contributed by atoms with E-state index < -0.39 is 0 Å². The highest BCUT2D eigenvalue weighted by atomic mass is 127. The molecule has 0 aliphatic rings. The first-order chi connectivity index (χ1) is 7.59. The molecule has 1 amide bonds. The number of anilines is 2. The molecule has 0 fully saturated rings. The third kappa shape index (κ3) is 4.69. The second kappa shape index (κ2) is 6.57. The van der Waals surface area contributed by atoms with Crippen LogP contribution in [0.25, 0.3) is 0 Å². The van der Waals surface area contributed by atoms with Gasteiger partial charge in [-0.2, -0.15) is 0 Å². The van der Waals surface area contributed by atoms with E-state index in [-0.39, 0.29) is 5.91 Å². The summed E-state index contributed by atoms with van der Waals surface area (Å²) in [4.78, 5) is 10.5. The number of hydrogen-bond donors (Lipinski definition) is 3. The van der Waals surface area contributed by atoms with Gasteiger partial charge in [0, 0.05) is 27.9 Å². The van der Waals surface area contributed by atoms with Gasteiger partial charge in [0.15, 0.2) is 0 Å². The van der Waals surface area contributed by atoms with Gasteiger partial charge in [-0.25, -0.2) is 0 Å². The van der Waals surface area contributed by atoms with Crippen molar-refractivity contribution >= 4 is 39.9 Å². The number of nitrogens with one attached hydrogen (secondary N) is 1. The van der Waals surface area contributed by atoms with Gasteiger partial charge in [0.05, 0.1) is 0 Å². The SMILES string of the molecule is NC(=O)CCCCNc1ccc(N)cc1I. The lowest BCUT2D eigenvalue weighted by Crippen LogP contribution is -2.11. The number of amides is 1. The first-order valence-electron chi connectivity index (χ1n) is 5.17. The normalized spacial score (nSPS) is 10.1. The molecule has 0 heterocycles. The van der Waals surface area contributed by atoms with Crippen LogP contribution >= 0.6 is 22.6 Å². The minimum atomic E-state index is -0.234. The van der Waals surface area contributed by atoms with Gasteiger partial charge in [-0.3, -0.25) is 4.79 Å². The minimum Gasteiger partial charge on any atom is -0.399 e. The summed E-state index contributed by atoms with van der Waals surface area (Å²) in [6.07, 6.45) is 2.22. The van der Waals surface area contributed by atoms with Crippen molar-refractivity contribution in [1.29, 1.82) is 0 Å². The van der Waals surface area contributed by atoms with E-state index in [2.05, 4.69) is 27.9 Å². The Kier molecular flexibility index (Phi) is 5.37. The Morgan fingerprint density at radius 1 is 1.38 bits per heavy atom. The average Bonchev–Trinajstić information content (AvgIpc) is 2.20. The zero-order chi connectivity index (χ0) is 12.0. The Morgan fingerprint density at radius 2 is 2.12 bits per heavy atom. The van der Waals surface area contributed by atoms with Crippen molar-refractivity contribution < 1.29 is 4.79 Å². The molecule has 0 bridgehead atoms. The maximum Gasteiger partial charge on any atom is 0.217 e. The third-order valence-electron chi connectivity index (χ3n) is 2.16. The van der Waals surface area contributed by atoms with Crippen LogP contribution in [0.15, 0.2) is 18.2 Å². The van der Waals surface area contributed by atoms with Crippen LogP contribution in [0, 0.1) is 3.57 Å². The first-order valence-corrected chi connectivity index (χ1v) is 6.24. The number of halogens is 1. The topological polar surface area (TPSA) is 81.1 Å². The molecule has 0 aliphatic carbocycles. The van der Waals surface area contributed by atoms with Crippen molar-refractivity contribution in [2.45, 2.75) is 19.3 Å². The molecule has 1 aromatic carbocycles. The molecule has 0 atom stereocenters. The molecule has 16 heavy (non-hydrogen) atoms. The Bertz CT molecular complexity index is 368. The maximum absolute atomic E-state index is 10.5. The van der Waals surface area contributed by atoms with Crippen molar-refractivity contribution in [3.63, 3.8) is 0 Å². The zero-order valence-electron chi connectivity index (χ0n) is 9.00. The fourth-order valence-corrected chi connectivity index (χ4v) is 2.05. The fraction of sp³-hybridized carbons (Fsp3) is 0.364. The van der Waals surface area contributed by atoms with Gasteiger partial charge >= 0.3 is 0 Å². The summed E-state index contributed by atoms with van der Waals surface area (Å²) in [6.45, 7) is 0.840. The lowest BCUT2D eigenvalue weighted by atomic mass is 10.2. The molecule has 0 aliphatic heterocycles. The van der Waals surface area contributed by atoms with Crippen LogP contribution in [-0.2, 0) is 4.79 Å². The van der Waals surface area contributed by atoms with Gasteiger partial charge in [-0.05, 0) is 53.6 Å². The molecule has 0 spiro atoms. The second-order valence-corrected chi connectivity index (χ2v) is 4.75. The summed E-state index contributed by atoms with van der Waals surface area (Å²) in [5.74, 6) is -0.234. The molecule has 0 aromatic heterocycles. The summed E-state index contributed by atoms with van der Waals surface area (Å²) >= 11 is 2.24. The summed E-state index contributed by atoms with van der Waals surface area (Å²) in [5.41, 5.74) is 12.6. The smallest absolute Gasteiger partial charge is 0.217 e. The average molecular weight is 333 g/mol. The summed E-state index contributed by atoms with van der Waals surface area (Å²) in [7, 11) is 0. The molecule has 4 nitrogen and oxygen atoms in total. The van der Waals surface area contributed by atoms with Crippen LogP contribution in [0.3, 0.4) is 0 Å². The number of primary amides is 1. The lowest BCUT2D eigenvalue weighted by Gasteiger charge is -2.08. The second-order valence-electron chi connectivity index (χ2n) is 3.59. The van der Waals surface area contributed by atoms with E-state index in [9.17, 15) is 4.79 Å². The molecule has 0 saturated heterocycles. The van der Waals surface area contributed by atoms with E-state index in [1.54, 1.807) is 0 Å².